The van der Waals surface area contributed by atoms with Crippen LogP contribution in [0, 0.1) is 11.3 Å². The molecular formula is C13H22N2O2. The van der Waals surface area contributed by atoms with Crippen molar-refractivity contribution in [1.82, 2.24) is 10.2 Å². The summed E-state index contributed by atoms with van der Waals surface area (Å²) in [7, 11) is 0. The minimum Gasteiger partial charge on any atom is -0.394 e. The number of aliphatic hydroxyl groups excluding tert-OH is 1. The molecule has 3 aliphatic rings. The zero-order valence-corrected chi connectivity index (χ0v) is 10.3. The van der Waals surface area contributed by atoms with Crippen molar-refractivity contribution in [2.45, 2.75) is 38.1 Å². The molecule has 1 amide bonds. The largest absolute Gasteiger partial charge is 0.394 e. The highest BCUT2D eigenvalue weighted by Gasteiger charge is 2.59. The summed E-state index contributed by atoms with van der Waals surface area (Å²) in [6.07, 6.45) is 5.42. The Bertz CT molecular complexity index is 313. The molecule has 96 valence electrons. The molecule has 17 heavy (non-hydrogen) atoms. The van der Waals surface area contributed by atoms with Gasteiger partial charge >= 0.3 is 0 Å². The zero-order chi connectivity index (χ0) is 11.9. The van der Waals surface area contributed by atoms with Gasteiger partial charge in [-0.2, -0.15) is 0 Å². The second kappa shape index (κ2) is 4.25. The first-order valence-corrected chi connectivity index (χ1v) is 6.89. The third kappa shape index (κ3) is 1.87. The number of rotatable bonds is 2. The number of amides is 1. The third-order valence-electron chi connectivity index (χ3n) is 4.96. The molecule has 0 radical (unpaired) electrons. The fraction of sp³-hybridized carbons (Fsp3) is 0.923. The number of aliphatic hydroxyl groups is 1. The Kier molecular flexibility index (Phi) is 2.87. The number of piperidine rings is 1. The van der Waals surface area contributed by atoms with E-state index in [2.05, 4.69) is 5.32 Å². The molecule has 1 aliphatic carbocycles. The number of hydrogen-bond donors (Lipinski definition) is 2. The predicted octanol–water partition coefficient (Wildman–Crippen LogP) is 0.359. The first-order chi connectivity index (χ1) is 8.27. The average molecular weight is 238 g/mol. The molecule has 4 nitrogen and oxygen atoms in total. The molecule has 2 saturated heterocycles. The number of carbonyl (C=O) groups is 1. The highest BCUT2D eigenvalue weighted by Crippen LogP contribution is 2.59. The van der Waals surface area contributed by atoms with Gasteiger partial charge in [0.1, 0.15) is 0 Å². The Labute approximate surface area is 102 Å². The lowest BCUT2D eigenvalue weighted by molar-refractivity contribution is -0.135. The first kappa shape index (κ1) is 11.5. The molecule has 3 fully saturated rings. The van der Waals surface area contributed by atoms with Crippen LogP contribution in [0.15, 0.2) is 0 Å². The maximum atomic E-state index is 12.4. The molecule has 1 spiro atoms. The average Bonchev–Trinajstić information content (AvgIpc) is 2.86. The summed E-state index contributed by atoms with van der Waals surface area (Å²) in [5, 5.41) is 12.6. The quantitative estimate of drug-likeness (QED) is 0.730. The lowest BCUT2D eigenvalue weighted by atomic mass is 9.91. The van der Waals surface area contributed by atoms with E-state index < -0.39 is 0 Å². The van der Waals surface area contributed by atoms with Crippen LogP contribution in [-0.4, -0.2) is 48.2 Å². The fourth-order valence-electron chi connectivity index (χ4n) is 3.69. The van der Waals surface area contributed by atoms with Crippen LogP contribution in [0.2, 0.25) is 0 Å². The number of nitrogens with one attached hydrogen (secondary N) is 1. The van der Waals surface area contributed by atoms with Crippen LogP contribution in [0.1, 0.15) is 32.1 Å². The number of nitrogens with zero attached hydrogens (tertiary/aromatic N) is 1. The molecular weight excluding hydrogens is 216 g/mol. The van der Waals surface area contributed by atoms with Crippen molar-refractivity contribution in [2.24, 2.45) is 11.3 Å². The maximum Gasteiger partial charge on any atom is 0.226 e. The van der Waals surface area contributed by atoms with Gasteiger partial charge in [0, 0.05) is 12.5 Å². The summed E-state index contributed by atoms with van der Waals surface area (Å²) in [6, 6.07) is 0.0989. The van der Waals surface area contributed by atoms with Crippen LogP contribution in [0.4, 0.5) is 0 Å². The molecule has 1 saturated carbocycles. The van der Waals surface area contributed by atoms with Crippen LogP contribution < -0.4 is 5.32 Å². The van der Waals surface area contributed by atoms with E-state index in [4.69, 9.17) is 0 Å². The Morgan fingerprint density at radius 2 is 2.18 bits per heavy atom. The molecule has 0 aromatic rings. The van der Waals surface area contributed by atoms with Crippen LogP contribution >= 0.6 is 0 Å². The van der Waals surface area contributed by atoms with Gasteiger partial charge in [0.05, 0.1) is 12.6 Å². The molecule has 0 aromatic carbocycles. The molecule has 4 heteroatoms. The Balaban J connectivity index is 1.64. The smallest absolute Gasteiger partial charge is 0.226 e. The predicted molar refractivity (Wildman–Crippen MR) is 64.5 cm³/mol. The number of hydrogen-bond acceptors (Lipinski definition) is 3. The van der Waals surface area contributed by atoms with Gasteiger partial charge in [-0.1, -0.05) is 0 Å². The van der Waals surface area contributed by atoms with Crippen LogP contribution in [0.5, 0.6) is 0 Å². The van der Waals surface area contributed by atoms with Crippen LogP contribution in [-0.2, 0) is 4.79 Å². The van der Waals surface area contributed by atoms with Gasteiger partial charge in [0.2, 0.25) is 5.91 Å². The summed E-state index contributed by atoms with van der Waals surface area (Å²) in [5.41, 5.74) is 0.324. The number of likely N-dealkylation sites (tertiary alicyclic amines) is 1. The fourth-order valence-corrected chi connectivity index (χ4v) is 3.69. The van der Waals surface area contributed by atoms with E-state index in [0.717, 1.165) is 51.7 Å². The van der Waals surface area contributed by atoms with Gasteiger partial charge < -0.3 is 15.3 Å². The first-order valence-electron chi connectivity index (χ1n) is 6.89. The van der Waals surface area contributed by atoms with Crippen LogP contribution in [0.25, 0.3) is 0 Å². The van der Waals surface area contributed by atoms with Crippen molar-refractivity contribution in [3.05, 3.63) is 0 Å². The standard InChI is InChI=1S/C13H22N2O2/c16-9-10-2-1-7-15(10)12(17)11-8-13(11)3-5-14-6-4-13/h10-11,14,16H,1-9H2/t10-,11?/m0/s1. The van der Waals surface area contributed by atoms with Crippen molar-refractivity contribution in [3.8, 4) is 0 Å². The van der Waals surface area contributed by atoms with Gasteiger partial charge in [-0.15, -0.1) is 0 Å². The summed E-state index contributed by atoms with van der Waals surface area (Å²) in [5.74, 6) is 0.584. The van der Waals surface area contributed by atoms with Crippen molar-refractivity contribution >= 4 is 5.91 Å². The molecule has 1 unspecified atom stereocenters. The lowest BCUT2D eigenvalue weighted by Crippen LogP contribution is -2.40. The molecule has 0 bridgehead atoms. The van der Waals surface area contributed by atoms with Crippen LogP contribution in [0.3, 0.4) is 0 Å². The van der Waals surface area contributed by atoms with E-state index in [1.165, 1.54) is 0 Å². The second-order valence-corrected chi connectivity index (χ2v) is 5.88. The maximum absolute atomic E-state index is 12.4. The highest BCUT2D eigenvalue weighted by molar-refractivity contribution is 5.83. The second-order valence-electron chi connectivity index (χ2n) is 5.88. The third-order valence-corrected chi connectivity index (χ3v) is 4.96. The minimum absolute atomic E-state index is 0.0989. The van der Waals surface area contributed by atoms with E-state index in [1.807, 2.05) is 4.90 Å². The molecule has 2 heterocycles. The SMILES string of the molecule is O=C(C1CC12CCNCC2)N1CCC[C@H]1CO. The monoisotopic (exact) mass is 238 g/mol. The normalized spacial score (nSPS) is 35.2. The molecule has 3 rings (SSSR count). The van der Waals surface area contributed by atoms with Gasteiger partial charge in [-0.25, -0.2) is 0 Å². The molecule has 2 atom stereocenters. The Hall–Kier alpha value is -0.610. The van der Waals surface area contributed by atoms with E-state index in [0.29, 0.717) is 11.3 Å². The summed E-state index contributed by atoms with van der Waals surface area (Å²) in [4.78, 5) is 14.4. The Morgan fingerprint density at radius 1 is 1.41 bits per heavy atom. The van der Waals surface area contributed by atoms with Gasteiger partial charge in [-0.3, -0.25) is 4.79 Å². The molecule has 2 N–H and O–H groups in total. The lowest BCUT2D eigenvalue weighted by Gasteiger charge is -2.27. The Morgan fingerprint density at radius 3 is 2.88 bits per heavy atom. The van der Waals surface area contributed by atoms with Gasteiger partial charge in [0.25, 0.3) is 0 Å². The van der Waals surface area contributed by atoms with Crippen molar-refractivity contribution in [1.29, 1.82) is 0 Å². The molecule has 0 aromatic heterocycles. The highest BCUT2D eigenvalue weighted by atomic mass is 16.3. The summed E-state index contributed by atoms with van der Waals surface area (Å²) < 4.78 is 0. The minimum atomic E-state index is 0.0989. The molecule has 2 aliphatic heterocycles. The van der Waals surface area contributed by atoms with E-state index in [-0.39, 0.29) is 18.6 Å². The van der Waals surface area contributed by atoms with E-state index in [1.54, 1.807) is 0 Å². The van der Waals surface area contributed by atoms with Crippen molar-refractivity contribution in [2.75, 3.05) is 26.2 Å². The van der Waals surface area contributed by atoms with Gasteiger partial charge in [0.15, 0.2) is 0 Å². The van der Waals surface area contributed by atoms with E-state index in [9.17, 15) is 9.90 Å². The van der Waals surface area contributed by atoms with Gasteiger partial charge in [-0.05, 0) is 50.6 Å². The zero-order valence-electron chi connectivity index (χ0n) is 10.3. The van der Waals surface area contributed by atoms with E-state index >= 15 is 0 Å². The summed E-state index contributed by atoms with van der Waals surface area (Å²) >= 11 is 0. The summed E-state index contributed by atoms with van der Waals surface area (Å²) in [6.45, 7) is 3.11. The van der Waals surface area contributed by atoms with Crippen molar-refractivity contribution in [3.63, 3.8) is 0 Å². The number of carbonyl (C=O) groups excluding carboxylic acids is 1. The topological polar surface area (TPSA) is 52.6 Å². The van der Waals surface area contributed by atoms with Crippen molar-refractivity contribution < 1.29 is 9.90 Å².